The first kappa shape index (κ1) is 28.7. The van der Waals surface area contributed by atoms with E-state index in [-0.39, 0.29) is 16.3 Å². The number of carbonyl (C=O) groups is 1. The lowest BCUT2D eigenvalue weighted by Gasteiger charge is -2.26. The molecule has 2 unspecified atom stereocenters. The quantitative estimate of drug-likeness (QED) is 0.172. The second kappa shape index (κ2) is 11.7. The smallest absolute Gasteiger partial charge is 0.459 e. The summed E-state index contributed by atoms with van der Waals surface area (Å²) in [5, 5.41) is 13.4. The zero-order valence-electron chi connectivity index (χ0n) is 20.3. The van der Waals surface area contributed by atoms with Crippen molar-refractivity contribution in [2.45, 2.75) is 57.0 Å². The van der Waals surface area contributed by atoms with Crippen molar-refractivity contribution in [2.75, 3.05) is 12.3 Å². The monoisotopic (exact) mass is 554 g/mol. The van der Waals surface area contributed by atoms with Gasteiger partial charge in [-0.1, -0.05) is 24.1 Å². The molecule has 1 aliphatic rings. The zero-order valence-corrected chi connectivity index (χ0v) is 22.0. The van der Waals surface area contributed by atoms with Gasteiger partial charge in [-0.2, -0.15) is 5.09 Å². The summed E-state index contributed by atoms with van der Waals surface area (Å²) >= 11 is 5.14. The molecule has 0 amide bonds. The third-order valence-corrected chi connectivity index (χ3v) is 7.14. The van der Waals surface area contributed by atoms with Crippen LogP contribution in [-0.2, 0) is 23.4 Å². The molecule has 1 aromatic carbocycles. The maximum absolute atomic E-state index is 15.4. The summed E-state index contributed by atoms with van der Waals surface area (Å²) in [4.78, 5) is 16.2. The number of nitrogens with two attached hydrogens (primary N) is 1. The normalized spacial score (nSPS) is 25.7. The summed E-state index contributed by atoms with van der Waals surface area (Å²) < 4.78 is 51.9. The minimum atomic E-state index is -4.32. The van der Waals surface area contributed by atoms with E-state index in [2.05, 4.69) is 10.1 Å². The molecule has 4 N–H and O–H groups in total. The van der Waals surface area contributed by atoms with Gasteiger partial charge in [0.05, 0.1) is 12.7 Å². The van der Waals surface area contributed by atoms with E-state index in [1.807, 2.05) is 5.92 Å². The van der Waals surface area contributed by atoms with Crippen LogP contribution in [0.1, 0.15) is 27.0 Å². The number of hydrogen-bond acceptors (Lipinski definition) is 10. The first-order chi connectivity index (χ1) is 17.4. The van der Waals surface area contributed by atoms with Crippen LogP contribution in [0.15, 0.2) is 42.6 Å². The third kappa shape index (κ3) is 6.73. The minimum Gasteiger partial charge on any atom is -0.462 e. The molecule has 6 atom stereocenters. The van der Waals surface area contributed by atoms with Crippen molar-refractivity contribution in [3.63, 3.8) is 0 Å². The summed E-state index contributed by atoms with van der Waals surface area (Å²) in [7, 11) is -4.32. The number of alkyl halides is 1. The fraction of sp³-hybridized carbons (Fsp3) is 0.435. The van der Waals surface area contributed by atoms with Gasteiger partial charge in [0.2, 0.25) is 10.4 Å². The number of terminal acetylenes is 1. The molecule has 1 aromatic heterocycles. The number of para-hydroxylation sites is 1. The molecule has 200 valence electrons. The topological polar surface area (TPSA) is 147 Å². The number of aliphatic hydroxyl groups is 1. The van der Waals surface area contributed by atoms with E-state index in [9.17, 15) is 14.5 Å². The lowest BCUT2D eigenvalue weighted by Crippen LogP contribution is -2.43. The molecule has 2 heterocycles. The van der Waals surface area contributed by atoms with Gasteiger partial charge < -0.3 is 24.8 Å². The van der Waals surface area contributed by atoms with Gasteiger partial charge in [-0.3, -0.25) is 13.9 Å². The van der Waals surface area contributed by atoms with E-state index in [0.29, 0.717) is 0 Å². The highest BCUT2D eigenvalue weighted by atomic mass is 32.1. The number of rotatable bonds is 10. The van der Waals surface area contributed by atoms with Gasteiger partial charge in [-0.15, -0.1) is 6.42 Å². The molecule has 37 heavy (non-hydrogen) atoms. The number of aromatic nitrogens is 2. The van der Waals surface area contributed by atoms with Crippen LogP contribution >= 0.6 is 20.0 Å². The Kier molecular flexibility index (Phi) is 9.07. The lowest BCUT2D eigenvalue weighted by atomic mass is 9.96. The molecule has 1 aliphatic heterocycles. The van der Waals surface area contributed by atoms with Gasteiger partial charge in [0.1, 0.15) is 23.7 Å². The SMILES string of the molecule is C#C[C@@]1(O)C(F)[C@@H](COP(=O)(N[C@@H](C)C(=O)OC(C)C)Oc2ccccc2)O[C@H]1n1ccc(N)nc1=S. The van der Waals surface area contributed by atoms with Gasteiger partial charge in [0.15, 0.2) is 12.4 Å². The molecule has 3 rings (SSSR count). The van der Waals surface area contributed by atoms with Gasteiger partial charge in [-0.25, -0.2) is 13.9 Å². The average Bonchev–Trinajstić information content (AvgIpc) is 3.08. The van der Waals surface area contributed by atoms with Gasteiger partial charge in [0.25, 0.3) is 0 Å². The second-order valence-electron chi connectivity index (χ2n) is 8.47. The van der Waals surface area contributed by atoms with E-state index < -0.39 is 56.6 Å². The molecule has 0 radical (unpaired) electrons. The predicted molar refractivity (Wildman–Crippen MR) is 135 cm³/mol. The van der Waals surface area contributed by atoms with Crippen LogP contribution in [-0.4, -0.2) is 57.3 Å². The van der Waals surface area contributed by atoms with Gasteiger partial charge in [-0.05, 0) is 51.2 Å². The molecule has 0 aliphatic carbocycles. The Labute approximate surface area is 218 Å². The van der Waals surface area contributed by atoms with Gasteiger partial charge >= 0.3 is 13.7 Å². The summed E-state index contributed by atoms with van der Waals surface area (Å²) in [6.07, 6.45) is 1.22. The van der Waals surface area contributed by atoms with Crippen LogP contribution in [0.3, 0.4) is 0 Å². The Bertz CT molecular complexity index is 1260. The Balaban J connectivity index is 1.83. The van der Waals surface area contributed by atoms with Crippen LogP contribution < -0.4 is 15.3 Å². The van der Waals surface area contributed by atoms with Crippen molar-refractivity contribution >= 4 is 31.8 Å². The number of ether oxygens (including phenoxy) is 2. The Hall–Kier alpha value is -2.85. The molecule has 1 fully saturated rings. The Morgan fingerprint density at radius 2 is 2.08 bits per heavy atom. The number of esters is 1. The molecule has 0 spiro atoms. The summed E-state index contributed by atoms with van der Waals surface area (Å²) in [6, 6.07) is 8.27. The average molecular weight is 555 g/mol. The Morgan fingerprint density at radius 1 is 1.41 bits per heavy atom. The second-order valence-corrected chi connectivity index (χ2v) is 10.5. The van der Waals surface area contributed by atoms with Crippen molar-refractivity contribution in [2.24, 2.45) is 0 Å². The first-order valence-electron chi connectivity index (χ1n) is 11.2. The summed E-state index contributed by atoms with van der Waals surface area (Å²) in [5.41, 5.74) is 3.15. The molecule has 11 nitrogen and oxygen atoms in total. The maximum atomic E-state index is 15.4. The fourth-order valence-corrected chi connectivity index (χ4v) is 5.18. The highest BCUT2D eigenvalue weighted by molar-refractivity contribution is 7.71. The number of nitrogens with one attached hydrogen (secondary N) is 1. The summed E-state index contributed by atoms with van der Waals surface area (Å²) in [6.45, 7) is 4.04. The summed E-state index contributed by atoms with van der Waals surface area (Å²) in [5.74, 6) is 1.57. The van der Waals surface area contributed by atoms with Crippen LogP contribution in [0.2, 0.25) is 0 Å². The van der Waals surface area contributed by atoms with Crippen LogP contribution in [0.25, 0.3) is 0 Å². The lowest BCUT2D eigenvalue weighted by molar-refractivity contribution is -0.149. The van der Waals surface area contributed by atoms with Gasteiger partial charge in [0, 0.05) is 6.20 Å². The van der Waals surface area contributed by atoms with E-state index in [1.165, 1.54) is 31.3 Å². The number of nitrogen functional groups attached to an aromatic ring is 1. The van der Waals surface area contributed by atoms with E-state index in [0.717, 1.165) is 4.57 Å². The van der Waals surface area contributed by atoms with E-state index >= 15 is 4.39 Å². The third-order valence-electron chi connectivity index (χ3n) is 5.20. The highest BCUT2D eigenvalue weighted by Gasteiger charge is 2.57. The standard InChI is InChI=1S/C23H28FN4O7PS/c1-5-23(30)19(24)17(34-21(23)28-12-11-18(25)26-22(28)37)13-32-36(31,35-16-9-7-6-8-10-16)27-15(4)20(29)33-14(2)3/h1,6-12,14-15,17,19,21,30H,13H2,2-4H3,(H,27,31)(H2,25,26,37)/t15-,17+,19?,21+,23+,36?/m0/s1. The zero-order chi connectivity index (χ0) is 27.4. The van der Waals surface area contributed by atoms with Crippen LogP contribution in [0.4, 0.5) is 10.2 Å². The molecule has 1 saturated heterocycles. The highest BCUT2D eigenvalue weighted by Crippen LogP contribution is 2.47. The minimum absolute atomic E-state index is 0.107. The molecule has 2 aromatic rings. The van der Waals surface area contributed by atoms with Crippen molar-refractivity contribution < 1.29 is 37.4 Å². The molecule has 0 bridgehead atoms. The van der Waals surface area contributed by atoms with Crippen molar-refractivity contribution in [3.05, 3.63) is 47.4 Å². The van der Waals surface area contributed by atoms with Crippen LogP contribution in [0, 0.1) is 17.1 Å². The number of carbonyl (C=O) groups excluding carboxylic acids is 1. The van der Waals surface area contributed by atoms with E-state index in [1.54, 1.807) is 32.0 Å². The maximum Gasteiger partial charge on any atom is 0.459 e. The first-order valence-corrected chi connectivity index (χ1v) is 13.2. The Morgan fingerprint density at radius 3 is 2.68 bits per heavy atom. The molecular weight excluding hydrogens is 526 g/mol. The number of hydrogen-bond donors (Lipinski definition) is 3. The van der Waals surface area contributed by atoms with Crippen molar-refractivity contribution in [3.8, 4) is 18.1 Å². The molecule has 0 saturated carbocycles. The number of benzene rings is 1. The van der Waals surface area contributed by atoms with E-state index in [4.69, 9.17) is 42.9 Å². The largest absolute Gasteiger partial charge is 0.462 e. The number of nitrogens with zero attached hydrogens (tertiary/aromatic N) is 2. The van der Waals surface area contributed by atoms with Crippen molar-refractivity contribution in [1.82, 2.24) is 14.6 Å². The number of anilines is 1. The predicted octanol–water partition coefficient (Wildman–Crippen LogP) is 2.93. The molecular formula is C23H28FN4O7PS. The molecule has 14 heteroatoms. The van der Waals surface area contributed by atoms with Crippen molar-refractivity contribution in [1.29, 1.82) is 0 Å². The number of halogens is 1. The van der Waals surface area contributed by atoms with Crippen LogP contribution in [0.5, 0.6) is 5.75 Å². The fourth-order valence-electron chi connectivity index (χ4n) is 3.42.